The zero-order chi connectivity index (χ0) is 20.3. The van der Waals surface area contributed by atoms with E-state index >= 15 is 0 Å². The molecule has 1 amide bonds. The summed E-state index contributed by atoms with van der Waals surface area (Å²) in [5.41, 5.74) is 12.6. The average Bonchev–Trinajstić information content (AvgIpc) is 2.65. The molecule has 0 aliphatic carbocycles. The van der Waals surface area contributed by atoms with Crippen molar-refractivity contribution in [3.63, 3.8) is 0 Å². The zero-order valence-electron chi connectivity index (χ0n) is 15.3. The smallest absolute Gasteiger partial charge is 0.409 e. The average molecular weight is 381 g/mol. The summed E-state index contributed by atoms with van der Waals surface area (Å²) < 4.78 is 17.7. The van der Waals surface area contributed by atoms with E-state index < -0.39 is 6.09 Å². The van der Waals surface area contributed by atoms with Gasteiger partial charge in [-0.2, -0.15) is 0 Å². The number of nitrogen functional groups attached to an aromatic ring is 1. The molecule has 144 valence electrons. The molecule has 1 aromatic heterocycles. The number of pyridine rings is 1. The van der Waals surface area contributed by atoms with E-state index in [4.69, 9.17) is 25.7 Å². The molecule has 0 atom stereocenters. The van der Waals surface area contributed by atoms with Gasteiger partial charge in [-0.25, -0.2) is 4.79 Å². The summed E-state index contributed by atoms with van der Waals surface area (Å²) in [6.07, 6.45) is 0.732. The van der Waals surface area contributed by atoms with Crippen LogP contribution in [0.4, 0.5) is 10.5 Å². The van der Waals surface area contributed by atoms with Crippen molar-refractivity contribution in [2.24, 2.45) is 12.8 Å². The number of methoxy groups -OCH3 is 1. The van der Waals surface area contributed by atoms with Gasteiger partial charge >= 0.3 is 6.09 Å². The van der Waals surface area contributed by atoms with Crippen LogP contribution >= 0.6 is 0 Å². The molecule has 4 N–H and O–H groups in total. The molecule has 0 saturated carbocycles. The largest absolute Gasteiger partial charge is 0.496 e. The van der Waals surface area contributed by atoms with Gasteiger partial charge in [0, 0.05) is 42.2 Å². The lowest BCUT2D eigenvalue weighted by molar-refractivity contribution is 0.211. The molecule has 0 unspecified atom stereocenters. The minimum atomic E-state index is -0.916. The Morgan fingerprint density at radius 2 is 1.75 bits per heavy atom. The van der Waals surface area contributed by atoms with Gasteiger partial charge in [-0.1, -0.05) is 6.07 Å². The highest BCUT2D eigenvalue weighted by atomic mass is 16.5. The normalized spacial score (nSPS) is 10.4. The molecule has 0 radical (unpaired) electrons. The minimum absolute atomic E-state index is 0.205. The van der Waals surface area contributed by atoms with Crippen LogP contribution in [0, 0.1) is 0 Å². The lowest BCUT2D eigenvalue weighted by atomic mass is 10.0. The van der Waals surface area contributed by atoms with Gasteiger partial charge in [0.05, 0.1) is 7.11 Å². The molecule has 0 aliphatic rings. The number of ether oxygens (including phenoxy) is 3. The highest BCUT2D eigenvalue weighted by molar-refractivity contribution is 5.78. The predicted octanol–water partition coefficient (Wildman–Crippen LogP) is 2.89. The van der Waals surface area contributed by atoms with Gasteiger partial charge in [-0.3, -0.25) is 4.79 Å². The molecule has 1 heterocycles. The fourth-order valence-corrected chi connectivity index (χ4v) is 2.68. The number of carbonyl (C=O) groups is 1. The summed E-state index contributed by atoms with van der Waals surface area (Å²) in [6, 6.07) is 13.0. The fraction of sp³-hybridized carbons (Fsp3) is 0.100. The van der Waals surface area contributed by atoms with Crippen LogP contribution in [0.5, 0.6) is 23.0 Å². The van der Waals surface area contributed by atoms with Crippen molar-refractivity contribution in [1.29, 1.82) is 0 Å². The standard InChI is InChI=1S/C20H19N3O5/c1-23-11-16(18(26-2)10-19(23)24)15-8-12(21)6-7-17(15)27-13-4-3-5-14(9-13)28-20(22)25/h3-11H,21H2,1-2H3,(H2,22,25). The van der Waals surface area contributed by atoms with Gasteiger partial charge in [0.25, 0.3) is 5.56 Å². The van der Waals surface area contributed by atoms with Crippen LogP contribution in [-0.4, -0.2) is 17.8 Å². The van der Waals surface area contributed by atoms with E-state index in [0.29, 0.717) is 34.1 Å². The number of anilines is 1. The van der Waals surface area contributed by atoms with Gasteiger partial charge in [-0.05, 0) is 30.3 Å². The number of hydrogen-bond donors (Lipinski definition) is 2. The van der Waals surface area contributed by atoms with E-state index in [0.717, 1.165) is 0 Å². The van der Waals surface area contributed by atoms with Gasteiger partial charge < -0.3 is 30.2 Å². The van der Waals surface area contributed by atoms with Gasteiger partial charge in [-0.15, -0.1) is 0 Å². The highest BCUT2D eigenvalue weighted by Gasteiger charge is 2.15. The fourth-order valence-electron chi connectivity index (χ4n) is 2.68. The Balaban J connectivity index is 2.07. The minimum Gasteiger partial charge on any atom is -0.496 e. The number of amides is 1. The lowest BCUT2D eigenvalue weighted by Gasteiger charge is -2.16. The number of aryl methyl sites for hydroxylation is 1. The van der Waals surface area contributed by atoms with Crippen LogP contribution < -0.4 is 31.2 Å². The van der Waals surface area contributed by atoms with Crippen molar-refractivity contribution in [2.75, 3.05) is 12.8 Å². The highest BCUT2D eigenvalue weighted by Crippen LogP contribution is 2.39. The topological polar surface area (TPSA) is 119 Å². The van der Waals surface area contributed by atoms with Crippen molar-refractivity contribution < 1.29 is 19.0 Å². The molecule has 2 aromatic carbocycles. The van der Waals surface area contributed by atoms with E-state index in [1.807, 2.05) is 0 Å². The molecular weight excluding hydrogens is 362 g/mol. The molecule has 0 spiro atoms. The molecule has 3 rings (SSSR count). The molecule has 0 bridgehead atoms. The number of primary amides is 1. The Morgan fingerprint density at radius 3 is 2.46 bits per heavy atom. The number of nitrogens with two attached hydrogens (primary N) is 2. The first-order valence-electron chi connectivity index (χ1n) is 8.27. The second-order valence-electron chi connectivity index (χ2n) is 5.96. The monoisotopic (exact) mass is 381 g/mol. The van der Waals surface area contributed by atoms with Crippen LogP contribution in [0.2, 0.25) is 0 Å². The van der Waals surface area contributed by atoms with Crippen LogP contribution in [0.25, 0.3) is 11.1 Å². The SMILES string of the molecule is COc1cc(=O)n(C)cc1-c1cc(N)ccc1Oc1cccc(OC(N)=O)c1. The molecular formula is C20H19N3O5. The summed E-state index contributed by atoms with van der Waals surface area (Å²) in [6.45, 7) is 0. The van der Waals surface area contributed by atoms with E-state index in [-0.39, 0.29) is 11.3 Å². The van der Waals surface area contributed by atoms with Crippen LogP contribution in [0.3, 0.4) is 0 Å². The van der Waals surface area contributed by atoms with Crippen molar-refractivity contribution in [2.45, 2.75) is 0 Å². The third-order valence-electron chi connectivity index (χ3n) is 3.96. The summed E-state index contributed by atoms with van der Waals surface area (Å²) in [7, 11) is 3.12. The number of hydrogen-bond acceptors (Lipinski definition) is 6. The molecule has 0 aliphatic heterocycles. The second kappa shape index (κ2) is 7.75. The summed E-state index contributed by atoms with van der Waals surface area (Å²) >= 11 is 0. The Hall–Kier alpha value is -3.94. The number of carbonyl (C=O) groups excluding carboxylic acids is 1. The lowest BCUT2D eigenvalue weighted by Crippen LogP contribution is -2.16. The van der Waals surface area contributed by atoms with Crippen LogP contribution in [0.1, 0.15) is 0 Å². The van der Waals surface area contributed by atoms with Crippen LogP contribution in [-0.2, 0) is 7.05 Å². The third kappa shape index (κ3) is 4.07. The number of aromatic nitrogens is 1. The molecule has 8 nitrogen and oxygen atoms in total. The van der Waals surface area contributed by atoms with E-state index in [9.17, 15) is 9.59 Å². The third-order valence-corrected chi connectivity index (χ3v) is 3.96. The van der Waals surface area contributed by atoms with E-state index in [2.05, 4.69) is 0 Å². The first-order chi connectivity index (χ1) is 13.4. The number of rotatable bonds is 5. The zero-order valence-corrected chi connectivity index (χ0v) is 15.3. The number of nitrogens with zero attached hydrogens (tertiary/aromatic N) is 1. The summed E-state index contributed by atoms with van der Waals surface area (Å²) in [4.78, 5) is 22.9. The van der Waals surface area contributed by atoms with Crippen molar-refractivity contribution in [1.82, 2.24) is 4.57 Å². The molecule has 8 heteroatoms. The maximum Gasteiger partial charge on any atom is 0.409 e. The first-order valence-corrected chi connectivity index (χ1v) is 8.27. The first kappa shape index (κ1) is 18.8. The molecule has 0 saturated heterocycles. The van der Waals surface area contributed by atoms with Gasteiger partial charge in [0.15, 0.2) is 0 Å². The number of benzene rings is 2. The maximum absolute atomic E-state index is 11.9. The molecule has 3 aromatic rings. The Bertz CT molecular complexity index is 1090. The summed E-state index contributed by atoms with van der Waals surface area (Å²) in [5, 5.41) is 0. The van der Waals surface area contributed by atoms with Crippen molar-refractivity contribution in [3.05, 3.63) is 65.1 Å². The van der Waals surface area contributed by atoms with Crippen molar-refractivity contribution in [3.8, 4) is 34.1 Å². The molecule has 0 fully saturated rings. The Labute approximate surface area is 160 Å². The van der Waals surface area contributed by atoms with Gasteiger partial charge in [0.2, 0.25) is 0 Å². The maximum atomic E-state index is 11.9. The van der Waals surface area contributed by atoms with Crippen molar-refractivity contribution >= 4 is 11.8 Å². The van der Waals surface area contributed by atoms with E-state index in [1.54, 1.807) is 49.6 Å². The Kier molecular flexibility index (Phi) is 5.21. The predicted molar refractivity (Wildman–Crippen MR) is 105 cm³/mol. The quantitative estimate of drug-likeness (QED) is 0.656. The van der Waals surface area contributed by atoms with E-state index in [1.165, 1.54) is 23.8 Å². The van der Waals surface area contributed by atoms with Crippen LogP contribution in [0.15, 0.2) is 59.5 Å². The molecule has 28 heavy (non-hydrogen) atoms. The van der Waals surface area contributed by atoms with Gasteiger partial charge in [0.1, 0.15) is 23.0 Å². The second-order valence-corrected chi connectivity index (χ2v) is 5.96. The Morgan fingerprint density at radius 1 is 1.00 bits per heavy atom. The summed E-state index contributed by atoms with van der Waals surface area (Å²) in [5.74, 6) is 1.54.